The highest BCUT2D eigenvalue weighted by molar-refractivity contribution is 6.54. The van der Waals surface area contributed by atoms with E-state index in [1.807, 2.05) is 13.8 Å². The fourth-order valence-corrected chi connectivity index (χ4v) is 1.27. The Morgan fingerprint density at radius 2 is 1.71 bits per heavy atom. The van der Waals surface area contributed by atoms with E-state index in [2.05, 4.69) is 0 Å². The average molecular weight is 307 g/mol. The van der Waals surface area contributed by atoms with E-state index in [1.165, 1.54) is 0 Å². The number of alkyl halides is 2. The highest BCUT2D eigenvalue weighted by Crippen LogP contribution is 2.15. The maximum Gasteiger partial charge on any atom is 0.185 e. The van der Waals surface area contributed by atoms with Crippen molar-refractivity contribution in [1.29, 1.82) is 0 Å². The van der Waals surface area contributed by atoms with Crippen LogP contribution in [0, 0.1) is 0 Å². The van der Waals surface area contributed by atoms with E-state index in [4.69, 9.17) is 28.9 Å². The molecule has 0 heterocycles. The van der Waals surface area contributed by atoms with Crippen molar-refractivity contribution in [1.82, 2.24) is 0 Å². The maximum atomic E-state index is 11.0. The molecular weight excluding hydrogens is 284 g/mol. The van der Waals surface area contributed by atoms with Gasteiger partial charge in [0.05, 0.1) is 5.54 Å². The van der Waals surface area contributed by atoms with Gasteiger partial charge >= 0.3 is 0 Å². The van der Waals surface area contributed by atoms with Crippen LogP contribution in [0.1, 0.15) is 47.0 Å². The number of halogens is 3. The molecule has 0 amide bonds. The lowest BCUT2D eigenvalue weighted by molar-refractivity contribution is -0.122. The largest absolute Gasteiger partial charge is 0.319 e. The van der Waals surface area contributed by atoms with Gasteiger partial charge in [-0.2, -0.15) is 0 Å². The van der Waals surface area contributed by atoms with Gasteiger partial charge in [0.25, 0.3) is 0 Å². The number of rotatable bonds is 5. The van der Waals surface area contributed by atoms with Crippen molar-refractivity contribution in [2.75, 3.05) is 0 Å². The van der Waals surface area contributed by atoms with Gasteiger partial charge in [0, 0.05) is 6.42 Å². The van der Waals surface area contributed by atoms with Crippen molar-refractivity contribution < 1.29 is 9.59 Å². The molecule has 0 radical (unpaired) electrons. The number of nitrogens with two attached hydrogens (primary N) is 1. The van der Waals surface area contributed by atoms with Gasteiger partial charge in [-0.1, -0.05) is 37.0 Å². The molecule has 1 atom stereocenters. The standard InChI is InChI=1S/C6H11Cl2NO.C5H10O.ClH/c1-3-6(2,9)4(10)5(7)8;1-3-4-5(2)6;/h5H,3,9H2,1-2H3;3-4H2,1-2H3;1H. The third kappa shape index (κ3) is 12.4. The molecule has 1 unspecified atom stereocenters. The Labute approximate surface area is 120 Å². The molecular formula is C11H22Cl3NO2. The Kier molecular flexibility index (Phi) is 14.8. The van der Waals surface area contributed by atoms with Crippen LogP contribution in [0.3, 0.4) is 0 Å². The lowest BCUT2D eigenvalue weighted by Crippen LogP contribution is -2.46. The molecule has 0 saturated heterocycles. The molecule has 0 aromatic carbocycles. The summed E-state index contributed by atoms with van der Waals surface area (Å²) in [6.45, 7) is 7.05. The van der Waals surface area contributed by atoms with E-state index < -0.39 is 10.4 Å². The minimum Gasteiger partial charge on any atom is -0.319 e. The summed E-state index contributed by atoms with van der Waals surface area (Å²) in [4.78, 5) is 20.0. The molecule has 0 rings (SSSR count). The van der Waals surface area contributed by atoms with Crippen LogP contribution in [0.2, 0.25) is 0 Å². The predicted octanol–water partition coefficient (Wildman–Crippen LogP) is 3.28. The summed E-state index contributed by atoms with van der Waals surface area (Å²) >= 11 is 10.7. The van der Waals surface area contributed by atoms with Gasteiger partial charge in [-0.3, -0.25) is 4.79 Å². The first-order valence-corrected chi connectivity index (χ1v) is 6.17. The molecule has 0 bridgehead atoms. The number of hydrogen-bond acceptors (Lipinski definition) is 3. The molecule has 6 heteroatoms. The predicted molar refractivity (Wildman–Crippen MR) is 76.2 cm³/mol. The summed E-state index contributed by atoms with van der Waals surface area (Å²) in [6, 6.07) is 0. The van der Waals surface area contributed by atoms with Crippen molar-refractivity contribution in [3.05, 3.63) is 0 Å². The van der Waals surface area contributed by atoms with E-state index in [-0.39, 0.29) is 24.0 Å². The molecule has 17 heavy (non-hydrogen) atoms. The zero-order chi connectivity index (χ0) is 13.4. The zero-order valence-electron chi connectivity index (χ0n) is 10.8. The van der Waals surface area contributed by atoms with E-state index >= 15 is 0 Å². The molecule has 0 saturated carbocycles. The van der Waals surface area contributed by atoms with Gasteiger partial charge in [-0.15, -0.1) is 12.4 Å². The first-order valence-electron chi connectivity index (χ1n) is 5.29. The normalized spacial score (nSPS) is 12.9. The minimum atomic E-state index is -1.00. The minimum absolute atomic E-state index is 0. The zero-order valence-corrected chi connectivity index (χ0v) is 13.1. The van der Waals surface area contributed by atoms with Crippen LogP contribution in [0.25, 0.3) is 0 Å². The van der Waals surface area contributed by atoms with Crippen LogP contribution >= 0.6 is 35.6 Å². The van der Waals surface area contributed by atoms with Crippen LogP contribution in [-0.4, -0.2) is 21.9 Å². The lowest BCUT2D eigenvalue weighted by atomic mass is 9.96. The highest BCUT2D eigenvalue weighted by Gasteiger charge is 2.30. The Hall–Kier alpha value is 0.170. The summed E-state index contributed by atoms with van der Waals surface area (Å²) in [5, 5.41) is 0. The van der Waals surface area contributed by atoms with Crippen molar-refractivity contribution in [2.24, 2.45) is 5.73 Å². The Morgan fingerprint density at radius 3 is 1.76 bits per heavy atom. The quantitative estimate of drug-likeness (QED) is 0.793. The smallest absolute Gasteiger partial charge is 0.185 e. The molecule has 0 aromatic rings. The number of Topliss-reactive ketones (excluding diaryl/α,β-unsaturated/α-hetero) is 2. The van der Waals surface area contributed by atoms with Crippen molar-refractivity contribution in [3.63, 3.8) is 0 Å². The molecule has 3 nitrogen and oxygen atoms in total. The molecule has 104 valence electrons. The summed E-state index contributed by atoms with van der Waals surface area (Å²) in [5.41, 5.74) is 4.66. The van der Waals surface area contributed by atoms with E-state index in [0.29, 0.717) is 6.42 Å². The third-order valence-corrected chi connectivity index (χ3v) is 2.49. The summed E-state index contributed by atoms with van der Waals surface area (Å²) < 4.78 is 0. The van der Waals surface area contributed by atoms with Gasteiger partial charge in [0.15, 0.2) is 10.6 Å². The molecule has 0 aliphatic rings. The van der Waals surface area contributed by atoms with E-state index in [0.717, 1.165) is 12.8 Å². The second-order valence-corrected chi connectivity index (χ2v) is 4.98. The first-order chi connectivity index (χ1) is 7.18. The SMILES string of the molecule is CCC(C)(N)C(=O)C(Cl)Cl.CCCC(C)=O.Cl. The van der Waals surface area contributed by atoms with Crippen molar-refractivity contribution in [3.8, 4) is 0 Å². The maximum absolute atomic E-state index is 11.0. The van der Waals surface area contributed by atoms with Crippen molar-refractivity contribution >= 4 is 47.2 Å². The van der Waals surface area contributed by atoms with E-state index in [1.54, 1.807) is 13.8 Å². The highest BCUT2D eigenvalue weighted by atomic mass is 35.5. The topological polar surface area (TPSA) is 60.2 Å². The molecule has 2 N–H and O–H groups in total. The number of ketones is 2. The fraction of sp³-hybridized carbons (Fsp3) is 0.818. The molecule has 0 aliphatic heterocycles. The van der Waals surface area contributed by atoms with Gasteiger partial charge in [-0.05, 0) is 26.7 Å². The lowest BCUT2D eigenvalue weighted by Gasteiger charge is -2.20. The number of hydrogen-bond donors (Lipinski definition) is 1. The Bertz CT molecular complexity index is 231. The van der Waals surface area contributed by atoms with Crippen LogP contribution < -0.4 is 5.73 Å². The van der Waals surface area contributed by atoms with Crippen molar-refractivity contribution in [2.45, 2.75) is 57.3 Å². The second kappa shape index (κ2) is 11.3. The van der Waals surface area contributed by atoms with Gasteiger partial charge in [-0.25, -0.2) is 0 Å². The van der Waals surface area contributed by atoms with Gasteiger partial charge in [0.1, 0.15) is 5.78 Å². The van der Waals surface area contributed by atoms with Crippen LogP contribution in [0.5, 0.6) is 0 Å². The summed E-state index contributed by atoms with van der Waals surface area (Å²) in [7, 11) is 0. The van der Waals surface area contributed by atoms with Gasteiger partial charge < -0.3 is 10.5 Å². The Morgan fingerprint density at radius 1 is 1.29 bits per heavy atom. The first kappa shape index (κ1) is 22.4. The number of carbonyl (C=O) groups is 2. The Balaban J connectivity index is -0.000000244. The molecule has 0 aliphatic carbocycles. The summed E-state index contributed by atoms with van der Waals surface area (Å²) in [6.07, 6.45) is 2.26. The van der Waals surface area contributed by atoms with Crippen LogP contribution in [0.4, 0.5) is 0 Å². The van der Waals surface area contributed by atoms with E-state index in [9.17, 15) is 9.59 Å². The number of carbonyl (C=O) groups excluding carboxylic acids is 2. The fourth-order valence-electron chi connectivity index (χ4n) is 0.776. The monoisotopic (exact) mass is 305 g/mol. The third-order valence-electron chi connectivity index (χ3n) is 2.10. The molecule has 0 spiro atoms. The molecule has 0 aromatic heterocycles. The summed E-state index contributed by atoms with van der Waals surface area (Å²) in [5.74, 6) is -0.0316. The van der Waals surface area contributed by atoms with Crippen LogP contribution in [-0.2, 0) is 9.59 Å². The molecule has 0 fully saturated rings. The van der Waals surface area contributed by atoms with Gasteiger partial charge in [0.2, 0.25) is 0 Å². The second-order valence-electron chi connectivity index (χ2n) is 3.89. The van der Waals surface area contributed by atoms with Crippen LogP contribution in [0.15, 0.2) is 0 Å². The average Bonchev–Trinajstić information content (AvgIpc) is 2.17.